The van der Waals surface area contributed by atoms with Gasteiger partial charge in [-0.1, -0.05) is 23.7 Å². The highest BCUT2D eigenvalue weighted by Crippen LogP contribution is 2.37. The Morgan fingerprint density at radius 1 is 1.00 bits per heavy atom. The number of hydrazone groups is 1. The van der Waals surface area contributed by atoms with Crippen molar-refractivity contribution in [1.82, 2.24) is 5.43 Å². The van der Waals surface area contributed by atoms with E-state index >= 15 is 0 Å². The maximum absolute atomic E-state index is 12.6. The first-order valence-electron chi connectivity index (χ1n) is 11.3. The monoisotopic (exact) mass is 639 g/mol. The summed E-state index contributed by atoms with van der Waals surface area (Å²) in [5, 5.41) is 4.60. The van der Waals surface area contributed by atoms with Crippen molar-refractivity contribution in [2.75, 3.05) is 38.4 Å². The zero-order valence-corrected chi connectivity index (χ0v) is 24.8. The number of methoxy groups -OCH3 is 3. The van der Waals surface area contributed by atoms with Gasteiger partial charge in [-0.3, -0.25) is 9.10 Å². The lowest BCUT2D eigenvalue weighted by molar-refractivity contribution is -0.119. The van der Waals surface area contributed by atoms with Crippen LogP contribution in [0.4, 0.5) is 5.69 Å². The van der Waals surface area contributed by atoms with Crippen LogP contribution in [0.15, 0.2) is 64.2 Å². The van der Waals surface area contributed by atoms with Gasteiger partial charge in [-0.15, -0.1) is 0 Å². The maximum Gasteiger partial charge on any atom is 0.260 e. The molecule has 0 heterocycles. The summed E-state index contributed by atoms with van der Waals surface area (Å²) in [6.07, 6.45) is 2.40. The fourth-order valence-corrected chi connectivity index (χ4v) is 4.96. The molecule has 10 nitrogen and oxygen atoms in total. The summed E-state index contributed by atoms with van der Waals surface area (Å²) >= 11 is 9.41. The molecule has 0 saturated heterocycles. The van der Waals surface area contributed by atoms with Crippen molar-refractivity contribution in [3.8, 4) is 23.0 Å². The molecule has 0 radical (unpaired) electrons. The van der Waals surface area contributed by atoms with Crippen molar-refractivity contribution < 1.29 is 32.2 Å². The highest BCUT2D eigenvalue weighted by molar-refractivity contribution is 9.10. The normalized spacial score (nSPS) is 11.2. The molecule has 0 bridgehead atoms. The first kappa shape index (κ1) is 30.1. The number of amides is 1. The highest BCUT2D eigenvalue weighted by Gasteiger charge is 2.22. The summed E-state index contributed by atoms with van der Waals surface area (Å²) in [6, 6.07) is 15.2. The maximum atomic E-state index is 12.6. The minimum atomic E-state index is -3.80. The molecule has 0 unspecified atom stereocenters. The minimum Gasteiger partial charge on any atom is -0.493 e. The van der Waals surface area contributed by atoms with Crippen LogP contribution in [0.5, 0.6) is 23.0 Å². The van der Waals surface area contributed by atoms with E-state index in [2.05, 4.69) is 26.5 Å². The molecule has 39 heavy (non-hydrogen) atoms. The lowest BCUT2D eigenvalue weighted by Gasteiger charge is -2.22. The topological polar surface area (TPSA) is 116 Å². The van der Waals surface area contributed by atoms with Crippen molar-refractivity contribution in [2.24, 2.45) is 5.10 Å². The Morgan fingerprint density at radius 3 is 2.28 bits per heavy atom. The quantitative estimate of drug-likeness (QED) is 0.227. The molecule has 3 aromatic rings. The van der Waals surface area contributed by atoms with Crippen LogP contribution >= 0.6 is 27.5 Å². The first-order chi connectivity index (χ1) is 18.5. The molecule has 0 fully saturated rings. The molecule has 1 amide bonds. The van der Waals surface area contributed by atoms with Crippen LogP contribution in [-0.2, 0) is 21.4 Å². The van der Waals surface area contributed by atoms with Gasteiger partial charge >= 0.3 is 0 Å². The van der Waals surface area contributed by atoms with E-state index in [4.69, 9.17) is 30.5 Å². The lowest BCUT2D eigenvalue weighted by Crippen LogP contribution is -2.39. The van der Waals surface area contributed by atoms with E-state index < -0.39 is 22.5 Å². The lowest BCUT2D eigenvalue weighted by atomic mass is 10.2. The first-order valence-corrected chi connectivity index (χ1v) is 14.3. The van der Waals surface area contributed by atoms with Crippen LogP contribution in [-0.4, -0.2) is 54.7 Å². The molecule has 208 valence electrons. The molecular formula is C26H27BrClN3O7S. The third-order valence-corrected chi connectivity index (χ3v) is 7.28. The van der Waals surface area contributed by atoms with Gasteiger partial charge in [0, 0.05) is 11.1 Å². The Bertz CT molecular complexity index is 1450. The Balaban J connectivity index is 1.70. The van der Waals surface area contributed by atoms with Gasteiger partial charge in [0.15, 0.2) is 23.0 Å². The number of halogens is 2. The molecule has 0 saturated carbocycles. The predicted octanol–water partition coefficient (Wildman–Crippen LogP) is 4.62. The van der Waals surface area contributed by atoms with Crippen molar-refractivity contribution in [3.63, 3.8) is 0 Å². The number of nitrogens with zero attached hydrogens (tertiary/aromatic N) is 2. The van der Waals surface area contributed by atoms with E-state index in [1.165, 1.54) is 39.7 Å². The molecule has 0 aliphatic carbocycles. The van der Waals surface area contributed by atoms with E-state index in [1.807, 2.05) is 12.1 Å². The van der Waals surface area contributed by atoms with E-state index in [0.29, 0.717) is 44.7 Å². The Kier molecular flexibility index (Phi) is 10.4. The summed E-state index contributed by atoms with van der Waals surface area (Å²) in [7, 11) is 0.602. The third kappa shape index (κ3) is 8.25. The summed E-state index contributed by atoms with van der Waals surface area (Å²) < 4.78 is 48.2. The van der Waals surface area contributed by atoms with Gasteiger partial charge in [0.25, 0.3) is 5.91 Å². The van der Waals surface area contributed by atoms with Crippen LogP contribution in [0.2, 0.25) is 5.02 Å². The van der Waals surface area contributed by atoms with Gasteiger partial charge in [-0.05, 0) is 63.5 Å². The van der Waals surface area contributed by atoms with Crippen LogP contribution in [0.3, 0.4) is 0 Å². The van der Waals surface area contributed by atoms with Gasteiger partial charge < -0.3 is 18.9 Å². The number of anilines is 1. The Morgan fingerprint density at radius 2 is 1.67 bits per heavy atom. The standard InChI is InChI=1S/C26H27BrClN3O7S/c1-35-22-10-9-20(13-23(22)36-2)31(39(4,33)34)15-25(32)30-29-14-18-11-21(27)26(24(12-18)37-3)38-16-17-5-7-19(28)8-6-17/h5-14H,15-16H2,1-4H3,(H,30,32)/b29-14-. The summed E-state index contributed by atoms with van der Waals surface area (Å²) in [5.74, 6) is 1.03. The fraction of sp³-hybridized carbons (Fsp3) is 0.231. The number of hydrogen-bond donors (Lipinski definition) is 1. The third-order valence-electron chi connectivity index (χ3n) is 5.29. The minimum absolute atomic E-state index is 0.233. The Hall–Kier alpha value is -3.48. The molecule has 0 aromatic heterocycles. The van der Waals surface area contributed by atoms with Gasteiger partial charge in [0.1, 0.15) is 13.2 Å². The average Bonchev–Trinajstić information content (AvgIpc) is 2.90. The molecular weight excluding hydrogens is 614 g/mol. The molecule has 0 aliphatic heterocycles. The van der Waals surface area contributed by atoms with Gasteiger partial charge in [-0.2, -0.15) is 5.10 Å². The second-order valence-corrected chi connectivity index (χ2v) is 11.2. The van der Waals surface area contributed by atoms with Crippen LogP contribution in [0.1, 0.15) is 11.1 Å². The van der Waals surface area contributed by atoms with Gasteiger partial charge in [-0.25, -0.2) is 13.8 Å². The second-order valence-electron chi connectivity index (χ2n) is 8.05. The zero-order valence-electron chi connectivity index (χ0n) is 21.6. The highest BCUT2D eigenvalue weighted by atomic mass is 79.9. The molecule has 3 rings (SSSR count). The molecule has 1 N–H and O–H groups in total. The van der Waals surface area contributed by atoms with E-state index in [9.17, 15) is 13.2 Å². The van der Waals surface area contributed by atoms with Crippen LogP contribution in [0, 0.1) is 0 Å². The number of hydrogen-bond acceptors (Lipinski definition) is 8. The summed E-state index contributed by atoms with van der Waals surface area (Å²) in [4.78, 5) is 12.6. The number of nitrogens with one attached hydrogen (secondary N) is 1. The molecule has 3 aromatic carbocycles. The van der Waals surface area contributed by atoms with E-state index in [1.54, 1.807) is 30.3 Å². The van der Waals surface area contributed by atoms with Gasteiger partial charge in [0.05, 0.1) is 44.0 Å². The van der Waals surface area contributed by atoms with E-state index in [0.717, 1.165) is 16.1 Å². The average molecular weight is 641 g/mol. The predicted molar refractivity (Wildman–Crippen MR) is 154 cm³/mol. The molecule has 0 atom stereocenters. The molecule has 0 spiro atoms. The number of carbonyl (C=O) groups excluding carboxylic acids is 1. The van der Waals surface area contributed by atoms with Crippen LogP contribution < -0.4 is 28.7 Å². The van der Waals surface area contributed by atoms with Crippen molar-refractivity contribution in [3.05, 3.63) is 75.2 Å². The molecule has 13 heteroatoms. The van der Waals surface area contributed by atoms with Crippen molar-refractivity contribution in [2.45, 2.75) is 6.61 Å². The van der Waals surface area contributed by atoms with Crippen molar-refractivity contribution in [1.29, 1.82) is 0 Å². The summed E-state index contributed by atoms with van der Waals surface area (Å²) in [5.41, 5.74) is 4.10. The number of ether oxygens (including phenoxy) is 4. The zero-order chi connectivity index (χ0) is 28.6. The number of sulfonamides is 1. The van der Waals surface area contributed by atoms with Crippen molar-refractivity contribution >= 4 is 55.4 Å². The largest absolute Gasteiger partial charge is 0.493 e. The number of benzene rings is 3. The smallest absolute Gasteiger partial charge is 0.260 e. The fourth-order valence-electron chi connectivity index (χ4n) is 3.42. The second kappa shape index (κ2) is 13.5. The van der Waals surface area contributed by atoms with Gasteiger partial charge in [0.2, 0.25) is 10.0 Å². The number of rotatable bonds is 12. The summed E-state index contributed by atoms with van der Waals surface area (Å²) in [6.45, 7) is -0.206. The molecule has 0 aliphatic rings. The number of carbonyl (C=O) groups is 1. The van der Waals surface area contributed by atoms with E-state index in [-0.39, 0.29) is 5.69 Å². The van der Waals surface area contributed by atoms with Crippen LogP contribution in [0.25, 0.3) is 0 Å². The Labute approximate surface area is 240 Å². The SMILES string of the molecule is COc1ccc(N(CC(=O)N/N=C\c2cc(Br)c(OCc3ccc(Cl)cc3)c(OC)c2)S(C)(=O)=O)cc1OC.